The van der Waals surface area contributed by atoms with Gasteiger partial charge in [0.25, 0.3) is 0 Å². The number of rotatable bonds is 10. The summed E-state index contributed by atoms with van der Waals surface area (Å²) in [6, 6.07) is 0. The fourth-order valence-corrected chi connectivity index (χ4v) is 8.72. The summed E-state index contributed by atoms with van der Waals surface area (Å²) in [7, 11) is 0. The number of ether oxygens (including phenoxy) is 4. The van der Waals surface area contributed by atoms with Crippen LogP contribution in [-0.4, -0.2) is 46.8 Å². The van der Waals surface area contributed by atoms with E-state index in [1.54, 1.807) is 0 Å². The molecule has 0 N–H and O–H groups in total. The van der Waals surface area contributed by atoms with Gasteiger partial charge in [-0.2, -0.15) is 0 Å². The van der Waals surface area contributed by atoms with Crippen molar-refractivity contribution in [3.8, 4) is 0 Å². The van der Waals surface area contributed by atoms with Crippen LogP contribution in [0.1, 0.15) is 82.1 Å². The largest absolute Gasteiger partial charge is 0.361 e. The highest BCUT2D eigenvalue weighted by Gasteiger charge is 2.83. The van der Waals surface area contributed by atoms with Crippen molar-refractivity contribution in [1.29, 1.82) is 0 Å². The molecule has 0 aromatic rings. The quantitative estimate of drug-likeness (QED) is 0.186. The van der Waals surface area contributed by atoms with Crippen molar-refractivity contribution >= 4 is 0 Å². The predicted molar refractivity (Wildman–Crippen MR) is 179 cm³/mol. The van der Waals surface area contributed by atoms with Gasteiger partial charge in [0.05, 0.1) is 12.2 Å². The predicted octanol–water partition coefficient (Wildman–Crippen LogP) is 9.00. The molecule has 6 aliphatic heterocycles. The topological polar surface area (TPSA) is 43.5 Å². The molecule has 0 aromatic heterocycles. The Balaban J connectivity index is 0.987. The van der Waals surface area contributed by atoms with E-state index in [0.717, 1.165) is 12.8 Å². The van der Waals surface area contributed by atoms with Crippen LogP contribution >= 0.6 is 0 Å². The molecule has 0 spiro atoms. The van der Waals surface area contributed by atoms with Gasteiger partial charge in [0.1, 0.15) is 34.6 Å². The summed E-state index contributed by atoms with van der Waals surface area (Å²) in [5.41, 5.74) is 3.90. The number of allylic oxidation sites excluding steroid dienone is 16. The first kappa shape index (κ1) is 31.5. The molecule has 0 aromatic carbocycles. The third kappa shape index (κ3) is 4.80. The molecule has 0 aliphatic carbocycles. The maximum Gasteiger partial charge on any atom is 0.128 e. The molecule has 6 aliphatic rings. The Morgan fingerprint density at radius 2 is 0.818 bits per heavy atom. The van der Waals surface area contributed by atoms with E-state index < -0.39 is 0 Å². The zero-order valence-electron chi connectivity index (χ0n) is 28.4. The highest BCUT2D eigenvalue weighted by molar-refractivity contribution is 5.41. The van der Waals surface area contributed by atoms with Gasteiger partial charge in [-0.1, -0.05) is 123 Å². The van der Waals surface area contributed by atoms with Crippen LogP contribution in [0.2, 0.25) is 0 Å². The van der Waals surface area contributed by atoms with Crippen molar-refractivity contribution in [3.05, 3.63) is 107 Å². The second-order valence-corrected chi connectivity index (χ2v) is 15.7. The summed E-state index contributed by atoms with van der Waals surface area (Å²) < 4.78 is 25.2. The minimum atomic E-state index is -0.336. The van der Waals surface area contributed by atoms with Crippen molar-refractivity contribution < 1.29 is 18.9 Å². The van der Waals surface area contributed by atoms with Crippen LogP contribution in [0, 0.1) is 10.8 Å². The Morgan fingerprint density at radius 1 is 0.477 bits per heavy atom. The van der Waals surface area contributed by atoms with Crippen molar-refractivity contribution in [2.75, 3.05) is 0 Å². The molecular formula is C40H52O4. The van der Waals surface area contributed by atoms with Gasteiger partial charge in [0.15, 0.2) is 0 Å². The number of fused-ring (bicyclic) bond motifs is 10. The molecule has 44 heavy (non-hydrogen) atoms. The number of epoxide rings is 2. The summed E-state index contributed by atoms with van der Waals surface area (Å²) >= 11 is 0. The number of hydrogen-bond acceptors (Lipinski definition) is 4. The molecule has 8 atom stereocenters. The Morgan fingerprint density at radius 3 is 1.18 bits per heavy atom. The lowest BCUT2D eigenvalue weighted by molar-refractivity contribution is -0.0822. The zero-order valence-corrected chi connectivity index (χ0v) is 28.4. The smallest absolute Gasteiger partial charge is 0.128 e. The van der Waals surface area contributed by atoms with E-state index in [2.05, 4.69) is 154 Å². The van der Waals surface area contributed by atoms with Crippen molar-refractivity contribution in [1.82, 2.24) is 0 Å². The molecule has 6 fully saturated rings. The Labute approximate surface area is 265 Å². The molecule has 0 unspecified atom stereocenters. The lowest BCUT2D eigenvalue weighted by Gasteiger charge is -2.40. The van der Waals surface area contributed by atoms with Crippen LogP contribution in [-0.2, 0) is 18.9 Å². The van der Waals surface area contributed by atoms with Crippen LogP contribution in [0.15, 0.2) is 107 Å². The van der Waals surface area contributed by atoms with Crippen molar-refractivity contribution in [2.24, 2.45) is 10.8 Å². The fraction of sp³-hybridized carbons (Fsp3) is 0.550. The van der Waals surface area contributed by atoms with Crippen molar-refractivity contribution in [3.63, 3.8) is 0 Å². The monoisotopic (exact) mass is 596 g/mol. The summed E-state index contributed by atoms with van der Waals surface area (Å²) in [6.45, 7) is 22.2. The molecule has 0 amide bonds. The normalized spacial score (nSPS) is 44.0. The van der Waals surface area contributed by atoms with Gasteiger partial charge in [0.2, 0.25) is 0 Å². The van der Waals surface area contributed by atoms with E-state index in [-0.39, 0.29) is 57.7 Å². The van der Waals surface area contributed by atoms with Crippen LogP contribution in [0.4, 0.5) is 0 Å². The maximum absolute atomic E-state index is 6.49. The molecule has 236 valence electrons. The standard InChI is InChI=1S/C40H52O4/c1-27(17-13-19-29(3)21-23-39-35(5,6)25-31(41-39)33-37(39,9)43-33)15-11-12-16-28(2)18-14-20-30(4)22-24-40-36(7,8)26-32(42-40)34-38(40,10)44-34/h11-24,31-34H,25-26H2,1-10H3/b12-11+,17-13+,18-14+,23-21+,24-22+,27-15+,28-16+,29-19+,30-20+/t31-,32-,33+,34+,37+,38+,39+,40+/m0/s1. The molecule has 6 saturated heterocycles. The summed E-state index contributed by atoms with van der Waals surface area (Å²) in [6.07, 6.45) is 33.3. The average molecular weight is 597 g/mol. The maximum atomic E-state index is 6.49. The third-order valence-corrected chi connectivity index (χ3v) is 11.4. The van der Waals surface area contributed by atoms with Crippen LogP contribution in [0.25, 0.3) is 0 Å². The Hall–Kier alpha value is -2.50. The fourth-order valence-electron chi connectivity index (χ4n) is 8.72. The lowest BCUT2D eigenvalue weighted by atomic mass is 9.63. The Bertz CT molecular complexity index is 1350. The lowest BCUT2D eigenvalue weighted by Crippen LogP contribution is -2.51. The molecule has 4 nitrogen and oxygen atoms in total. The molecule has 6 heterocycles. The molecule has 4 bridgehead atoms. The second-order valence-electron chi connectivity index (χ2n) is 15.7. The first-order valence-corrected chi connectivity index (χ1v) is 16.4. The third-order valence-electron chi connectivity index (χ3n) is 11.4. The highest BCUT2D eigenvalue weighted by Crippen LogP contribution is 2.71. The van der Waals surface area contributed by atoms with Gasteiger partial charge < -0.3 is 18.9 Å². The van der Waals surface area contributed by atoms with Gasteiger partial charge in [-0.05, 0) is 66.5 Å². The van der Waals surface area contributed by atoms with E-state index in [1.165, 1.54) is 22.3 Å². The summed E-state index contributed by atoms with van der Waals surface area (Å²) in [5, 5.41) is 0. The van der Waals surface area contributed by atoms with Crippen LogP contribution < -0.4 is 0 Å². The zero-order chi connectivity index (χ0) is 31.8. The first-order valence-electron chi connectivity index (χ1n) is 16.4. The second kappa shape index (κ2) is 10.5. The molecule has 6 rings (SSSR count). The van der Waals surface area contributed by atoms with Gasteiger partial charge in [-0.15, -0.1) is 0 Å². The summed E-state index contributed by atoms with van der Waals surface area (Å²) in [5.74, 6) is 0. The minimum Gasteiger partial charge on any atom is -0.361 e. The Kier molecular flexibility index (Phi) is 7.53. The highest BCUT2D eigenvalue weighted by atomic mass is 16.7. The number of hydrogen-bond donors (Lipinski definition) is 0. The van der Waals surface area contributed by atoms with Gasteiger partial charge in [0, 0.05) is 10.8 Å². The molecule has 0 radical (unpaired) electrons. The average Bonchev–Trinajstić information content (AvgIpc) is 3.71. The van der Waals surface area contributed by atoms with Gasteiger partial charge >= 0.3 is 0 Å². The van der Waals surface area contributed by atoms with E-state index >= 15 is 0 Å². The van der Waals surface area contributed by atoms with Crippen LogP contribution in [0.5, 0.6) is 0 Å². The molecule has 4 heteroatoms. The van der Waals surface area contributed by atoms with E-state index in [1.807, 2.05) is 0 Å². The molecular weight excluding hydrogens is 544 g/mol. The minimum absolute atomic E-state index is 0.0734. The van der Waals surface area contributed by atoms with Gasteiger partial charge in [-0.25, -0.2) is 0 Å². The van der Waals surface area contributed by atoms with E-state index in [9.17, 15) is 0 Å². The van der Waals surface area contributed by atoms with E-state index in [4.69, 9.17) is 18.9 Å². The summed E-state index contributed by atoms with van der Waals surface area (Å²) in [4.78, 5) is 0. The molecule has 0 saturated carbocycles. The van der Waals surface area contributed by atoms with Gasteiger partial charge in [-0.3, -0.25) is 0 Å². The van der Waals surface area contributed by atoms with E-state index in [0.29, 0.717) is 0 Å². The van der Waals surface area contributed by atoms with Crippen LogP contribution in [0.3, 0.4) is 0 Å². The SMILES string of the molecule is CC(/C=C/C=C(C)/C=C/[C@@]12O[C@@H](CC1(C)C)[C@H]1O[C@]12C)=C\C=C\C=C(C)\C=C\C=C(C)\C=C\[C@@]12O[C@@H](CC1(C)C)[C@H]1O[C@]12C. The first-order chi connectivity index (χ1) is 20.6. The van der Waals surface area contributed by atoms with Crippen molar-refractivity contribution in [2.45, 2.75) is 129 Å².